The van der Waals surface area contributed by atoms with E-state index >= 15 is 0 Å². The van der Waals surface area contributed by atoms with Gasteiger partial charge in [-0.2, -0.15) is 13.2 Å². The second-order valence-corrected chi connectivity index (χ2v) is 10.1. The number of nitrogens with zero attached hydrogens (tertiary/aromatic N) is 5. The number of hydrogen-bond donors (Lipinski definition) is 0. The highest BCUT2D eigenvalue weighted by Crippen LogP contribution is 2.34. The average molecular weight is 602 g/mol. The van der Waals surface area contributed by atoms with E-state index in [1.807, 2.05) is 35.8 Å². The number of aromatic nitrogens is 3. The Morgan fingerprint density at radius 3 is 2.48 bits per heavy atom. The molecule has 1 atom stereocenters. The first-order chi connectivity index (χ1) is 21.1. The van der Waals surface area contributed by atoms with Crippen LogP contribution in [0, 0.1) is 12.4 Å². The molecule has 44 heavy (non-hydrogen) atoms. The molecule has 0 aliphatic carbocycles. The van der Waals surface area contributed by atoms with Crippen LogP contribution in [0.15, 0.2) is 85.2 Å². The summed E-state index contributed by atoms with van der Waals surface area (Å²) in [6.07, 6.45) is -1.97. The molecule has 224 valence electrons. The molecule has 7 nitrogen and oxygen atoms in total. The van der Waals surface area contributed by atoms with Crippen LogP contribution in [-0.4, -0.2) is 31.9 Å². The Labute approximate surface area is 251 Å². The Morgan fingerprint density at radius 2 is 1.84 bits per heavy atom. The van der Waals surface area contributed by atoms with Gasteiger partial charge < -0.3 is 9.64 Å². The van der Waals surface area contributed by atoms with Gasteiger partial charge in [0.15, 0.2) is 5.69 Å². The zero-order chi connectivity index (χ0) is 31.4. The maximum atomic E-state index is 14.4. The number of rotatable bonds is 9. The van der Waals surface area contributed by atoms with Crippen LogP contribution in [-0.2, 0) is 23.9 Å². The predicted octanol–water partition coefficient (Wildman–Crippen LogP) is 7.86. The molecule has 5 rings (SSSR count). The minimum atomic E-state index is -4.85. The van der Waals surface area contributed by atoms with Gasteiger partial charge in [-0.05, 0) is 79.6 Å². The summed E-state index contributed by atoms with van der Waals surface area (Å²) in [5.74, 6) is -0.722. The number of pyridine rings is 1. The Bertz CT molecular complexity index is 1830. The molecule has 1 unspecified atom stereocenters. The molecule has 0 spiro atoms. The number of fused-ring (bicyclic) bond motifs is 1. The molecule has 0 aliphatic rings. The molecule has 0 fully saturated rings. The summed E-state index contributed by atoms with van der Waals surface area (Å²) in [6.45, 7) is 11.7. The molecule has 2 aromatic heterocycles. The molecule has 3 aromatic carbocycles. The fourth-order valence-electron chi connectivity index (χ4n) is 5.01. The fraction of sp³-hybridized carbons (Fsp3) is 0.212. The van der Waals surface area contributed by atoms with Gasteiger partial charge in [-0.1, -0.05) is 18.2 Å². The number of hydrogen-bond acceptors (Lipinski definition) is 4. The molecular weight excluding hydrogens is 574 g/mol. The third-order valence-electron chi connectivity index (χ3n) is 7.13. The number of amides is 1. The number of imidazole rings is 1. The summed E-state index contributed by atoms with van der Waals surface area (Å²) in [6, 6.07) is 17.9. The van der Waals surface area contributed by atoms with Crippen molar-refractivity contribution in [3.8, 4) is 11.4 Å². The van der Waals surface area contributed by atoms with Crippen molar-refractivity contribution in [2.45, 2.75) is 39.0 Å². The SMILES string of the molecule is [C-]#[N+]c1ccc2c(c1)nc(C(C)N(Cc1cccnc1)C(=O)Cc1ccc(C(F)(F)F)c(F)c1)n2-c1ccc(OCC)cc1. The Hall–Kier alpha value is -5.24. The lowest BCUT2D eigenvalue weighted by Gasteiger charge is -2.30. The smallest absolute Gasteiger partial charge is 0.419 e. The first-order valence-electron chi connectivity index (χ1n) is 13.8. The fourth-order valence-corrected chi connectivity index (χ4v) is 5.01. The van der Waals surface area contributed by atoms with Crippen LogP contribution in [0.1, 0.15) is 42.4 Å². The molecule has 0 saturated heterocycles. The van der Waals surface area contributed by atoms with E-state index in [1.54, 1.807) is 49.6 Å². The van der Waals surface area contributed by atoms with Crippen molar-refractivity contribution in [2.75, 3.05) is 6.61 Å². The lowest BCUT2D eigenvalue weighted by Crippen LogP contribution is -2.35. The predicted molar refractivity (Wildman–Crippen MR) is 157 cm³/mol. The van der Waals surface area contributed by atoms with Gasteiger partial charge in [0.05, 0.1) is 42.2 Å². The highest BCUT2D eigenvalue weighted by atomic mass is 19.4. The first-order valence-corrected chi connectivity index (χ1v) is 13.8. The summed E-state index contributed by atoms with van der Waals surface area (Å²) in [4.78, 5) is 27.9. The topological polar surface area (TPSA) is 64.6 Å². The van der Waals surface area contributed by atoms with Gasteiger partial charge in [0.25, 0.3) is 0 Å². The minimum absolute atomic E-state index is 0.102. The zero-order valence-electron chi connectivity index (χ0n) is 23.8. The first kappa shape index (κ1) is 30.2. The lowest BCUT2D eigenvalue weighted by atomic mass is 10.1. The van der Waals surface area contributed by atoms with Crippen LogP contribution in [0.25, 0.3) is 21.6 Å². The summed E-state index contributed by atoms with van der Waals surface area (Å²) < 4.78 is 61.2. The normalized spacial score (nSPS) is 12.1. The van der Waals surface area contributed by atoms with Gasteiger partial charge in [0.1, 0.15) is 17.4 Å². The van der Waals surface area contributed by atoms with Gasteiger partial charge >= 0.3 is 6.18 Å². The molecule has 5 aromatic rings. The highest BCUT2D eigenvalue weighted by Gasteiger charge is 2.34. The molecule has 2 heterocycles. The number of carbonyl (C=O) groups excluding carboxylic acids is 1. The number of ether oxygens (including phenoxy) is 1. The quantitative estimate of drug-likeness (QED) is 0.127. The van der Waals surface area contributed by atoms with Crippen LogP contribution in [0.4, 0.5) is 23.2 Å². The van der Waals surface area contributed by atoms with Gasteiger partial charge in [0.2, 0.25) is 5.91 Å². The summed E-state index contributed by atoms with van der Waals surface area (Å²) >= 11 is 0. The van der Waals surface area contributed by atoms with E-state index in [9.17, 15) is 22.4 Å². The largest absolute Gasteiger partial charge is 0.494 e. The average Bonchev–Trinajstić information content (AvgIpc) is 3.38. The molecule has 11 heteroatoms. The third-order valence-corrected chi connectivity index (χ3v) is 7.13. The Kier molecular flexibility index (Phi) is 8.62. The van der Waals surface area contributed by atoms with Crippen molar-refractivity contribution in [3.63, 3.8) is 0 Å². The van der Waals surface area contributed by atoms with Crippen molar-refractivity contribution in [2.24, 2.45) is 0 Å². The molecule has 1 amide bonds. The Balaban J connectivity index is 1.58. The summed E-state index contributed by atoms with van der Waals surface area (Å²) in [5, 5.41) is 0. The molecule has 0 saturated carbocycles. The van der Waals surface area contributed by atoms with Crippen LogP contribution in [0.2, 0.25) is 0 Å². The monoisotopic (exact) mass is 601 g/mol. The van der Waals surface area contributed by atoms with E-state index < -0.39 is 29.5 Å². The van der Waals surface area contributed by atoms with E-state index in [1.165, 1.54) is 4.90 Å². The number of alkyl halides is 3. The van der Waals surface area contributed by atoms with E-state index in [-0.39, 0.29) is 18.5 Å². The minimum Gasteiger partial charge on any atom is -0.494 e. The van der Waals surface area contributed by atoms with Gasteiger partial charge in [-0.15, -0.1) is 0 Å². The second-order valence-electron chi connectivity index (χ2n) is 10.1. The third kappa shape index (κ3) is 6.39. The molecular formula is C33H27F4N5O2. The van der Waals surface area contributed by atoms with E-state index in [2.05, 4.69) is 9.83 Å². The van der Waals surface area contributed by atoms with Crippen LogP contribution in [0.5, 0.6) is 5.75 Å². The van der Waals surface area contributed by atoms with Crippen LogP contribution in [0.3, 0.4) is 0 Å². The zero-order valence-corrected chi connectivity index (χ0v) is 23.8. The molecule has 0 radical (unpaired) electrons. The molecule has 0 N–H and O–H groups in total. The van der Waals surface area contributed by atoms with Gasteiger partial charge in [-0.25, -0.2) is 14.2 Å². The Morgan fingerprint density at radius 1 is 1.07 bits per heavy atom. The van der Waals surface area contributed by atoms with Crippen LogP contribution >= 0.6 is 0 Å². The standard InChI is InChI=1S/C33H27F4N5O2/c1-4-44-26-11-9-25(10-12-26)42-30-14-8-24(38-3)18-29(30)40-32(42)21(2)41(20-23-6-5-15-39-19-23)31(43)17-22-7-13-27(28(34)16-22)33(35,36)37/h5-16,18-19,21H,4,17,20H2,1-2H3. The summed E-state index contributed by atoms with van der Waals surface area (Å²) in [5.41, 5.74) is 1.83. The van der Waals surface area contributed by atoms with Crippen molar-refractivity contribution < 1.29 is 27.1 Å². The van der Waals surface area contributed by atoms with E-state index in [0.717, 1.165) is 17.8 Å². The number of carbonyl (C=O) groups is 1. The van der Waals surface area contributed by atoms with Crippen molar-refractivity contribution in [1.29, 1.82) is 0 Å². The molecule has 0 aliphatic heterocycles. The molecule has 0 bridgehead atoms. The van der Waals surface area contributed by atoms with Gasteiger partial charge in [-0.3, -0.25) is 14.3 Å². The van der Waals surface area contributed by atoms with E-state index in [0.29, 0.717) is 46.5 Å². The number of halogens is 4. The van der Waals surface area contributed by atoms with Crippen molar-refractivity contribution in [3.05, 3.63) is 125 Å². The van der Waals surface area contributed by atoms with Crippen molar-refractivity contribution in [1.82, 2.24) is 19.4 Å². The maximum Gasteiger partial charge on any atom is 0.419 e. The lowest BCUT2D eigenvalue weighted by molar-refractivity contribution is -0.140. The van der Waals surface area contributed by atoms with Gasteiger partial charge in [0, 0.05) is 24.6 Å². The number of benzene rings is 3. The van der Waals surface area contributed by atoms with Crippen molar-refractivity contribution >= 4 is 22.6 Å². The second kappa shape index (κ2) is 12.6. The highest BCUT2D eigenvalue weighted by molar-refractivity contribution is 5.83. The van der Waals surface area contributed by atoms with Crippen LogP contribution < -0.4 is 4.74 Å². The summed E-state index contributed by atoms with van der Waals surface area (Å²) in [7, 11) is 0. The van der Waals surface area contributed by atoms with E-state index in [4.69, 9.17) is 16.3 Å². The maximum absolute atomic E-state index is 14.4.